The van der Waals surface area contributed by atoms with Gasteiger partial charge in [0.1, 0.15) is 4.99 Å². The van der Waals surface area contributed by atoms with Gasteiger partial charge in [-0.3, -0.25) is 4.79 Å². The van der Waals surface area contributed by atoms with Gasteiger partial charge in [0.2, 0.25) is 0 Å². The number of carbonyl (C=O) groups is 1. The van der Waals surface area contributed by atoms with E-state index >= 15 is 0 Å². The summed E-state index contributed by atoms with van der Waals surface area (Å²) in [6.45, 7) is 1.21. The lowest BCUT2D eigenvalue weighted by molar-refractivity contribution is 0.0734. The Morgan fingerprint density at radius 1 is 1.04 bits per heavy atom. The third-order valence-electron chi connectivity index (χ3n) is 4.42. The zero-order valence-corrected chi connectivity index (χ0v) is 15.1. The molecule has 0 atom stereocenters. The van der Waals surface area contributed by atoms with E-state index in [0.29, 0.717) is 29.4 Å². The van der Waals surface area contributed by atoms with E-state index in [2.05, 4.69) is 0 Å². The molecular formula is C19H20N2O3S. The molecule has 2 aromatic rings. The fourth-order valence-electron chi connectivity index (χ4n) is 3.02. The number of nitrogens with two attached hydrogens (primary N) is 1. The molecule has 1 aliphatic heterocycles. The number of methoxy groups -OCH3 is 2. The lowest BCUT2D eigenvalue weighted by Gasteiger charge is -2.29. The highest BCUT2D eigenvalue weighted by Gasteiger charge is 2.23. The van der Waals surface area contributed by atoms with Crippen LogP contribution in [-0.2, 0) is 13.0 Å². The van der Waals surface area contributed by atoms with Crippen LogP contribution in [0.25, 0.3) is 0 Å². The van der Waals surface area contributed by atoms with Gasteiger partial charge in [0.25, 0.3) is 5.91 Å². The van der Waals surface area contributed by atoms with Gasteiger partial charge >= 0.3 is 0 Å². The summed E-state index contributed by atoms with van der Waals surface area (Å²) in [5.41, 5.74) is 9.25. The van der Waals surface area contributed by atoms with Gasteiger partial charge in [0.05, 0.1) is 14.2 Å². The van der Waals surface area contributed by atoms with Crippen molar-refractivity contribution in [2.45, 2.75) is 13.0 Å². The largest absolute Gasteiger partial charge is 0.493 e. The van der Waals surface area contributed by atoms with Crippen LogP contribution in [0.4, 0.5) is 0 Å². The van der Waals surface area contributed by atoms with Crippen LogP contribution in [0.5, 0.6) is 11.5 Å². The number of hydrogen-bond acceptors (Lipinski definition) is 4. The molecule has 1 aliphatic rings. The molecule has 2 aromatic carbocycles. The summed E-state index contributed by atoms with van der Waals surface area (Å²) >= 11 is 4.94. The maximum Gasteiger partial charge on any atom is 0.254 e. The molecule has 25 heavy (non-hydrogen) atoms. The monoisotopic (exact) mass is 356 g/mol. The van der Waals surface area contributed by atoms with Crippen molar-refractivity contribution in [1.29, 1.82) is 0 Å². The minimum Gasteiger partial charge on any atom is -0.493 e. The third kappa shape index (κ3) is 3.44. The standard InChI is InChI=1S/C19H20N2O3S/c1-23-16-9-14-7-8-21(11-15(14)10-17(16)24-2)19(22)13-5-3-12(4-6-13)18(20)25/h3-6,9-10H,7-8,11H2,1-2H3,(H2,20,25). The molecule has 0 saturated heterocycles. The SMILES string of the molecule is COc1cc2c(cc1OC)CN(C(=O)c1ccc(C(N)=S)cc1)CC2. The number of amides is 1. The molecule has 5 nitrogen and oxygen atoms in total. The number of ether oxygens (including phenoxy) is 2. The summed E-state index contributed by atoms with van der Waals surface area (Å²) in [7, 11) is 3.24. The average Bonchev–Trinajstić information content (AvgIpc) is 2.65. The smallest absolute Gasteiger partial charge is 0.254 e. The maximum absolute atomic E-state index is 12.8. The number of nitrogens with zero attached hydrogens (tertiary/aromatic N) is 1. The van der Waals surface area contributed by atoms with Gasteiger partial charge in [-0.25, -0.2) is 0 Å². The van der Waals surface area contributed by atoms with Crippen LogP contribution in [-0.4, -0.2) is 36.6 Å². The fraction of sp³-hybridized carbons (Fsp3) is 0.263. The molecule has 130 valence electrons. The Morgan fingerprint density at radius 3 is 2.16 bits per heavy atom. The molecule has 2 N–H and O–H groups in total. The summed E-state index contributed by atoms with van der Waals surface area (Å²) in [5.74, 6) is 1.39. The average molecular weight is 356 g/mol. The molecule has 3 rings (SSSR count). The number of thiocarbonyl (C=S) groups is 1. The van der Waals surface area contributed by atoms with Gasteiger partial charge in [0.15, 0.2) is 11.5 Å². The van der Waals surface area contributed by atoms with E-state index in [-0.39, 0.29) is 5.91 Å². The van der Waals surface area contributed by atoms with Crippen LogP contribution in [0, 0.1) is 0 Å². The predicted molar refractivity (Wildman–Crippen MR) is 100 cm³/mol. The van der Waals surface area contributed by atoms with E-state index in [0.717, 1.165) is 23.3 Å². The number of fused-ring (bicyclic) bond motifs is 1. The Hall–Kier alpha value is -2.60. The number of rotatable bonds is 4. The molecule has 0 spiro atoms. The highest BCUT2D eigenvalue weighted by molar-refractivity contribution is 7.80. The minimum atomic E-state index is -0.00470. The molecule has 0 unspecified atom stereocenters. The summed E-state index contributed by atoms with van der Waals surface area (Å²) in [4.78, 5) is 14.9. The van der Waals surface area contributed by atoms with E-state index in [4.69, 9.17) is 27.4 Å². The van der Waals surface area contributed by atoms with Crippen molar-refractivity contribution in [3.63, 3.8) is 0 Å². The van der Waals surface area contributed by atoms with Crippen LogP contribution in [0.15, 0.2) is 36.4 Å². The molecule has 0 bridgehead atoms. The van der Waals surface area contributed by atoms with Crippen molar-refractivity contribution in [1.82, 2.24) is 4.90 Å². The molecule has 0 aliphatic carbocycles. The topological polar surface area (TPSA) is 64.8 Å². The highest BCUT2D eigenvalue weighted by Crippen LogP contribution is 2.33. The normalized spacial score (nSPS) is 13.1. The molecule has 0 saturated carbocycles. The lowest BCUT2D eigenvalue weighted by Crippen LogP contribution is -2.36. The van der Waals surface area contributed by atoms with E-state index < -0.39 is 0 Å². The van der Waals surface area contributed by atoms with Gasteiger partial charge in [-0.05, 0) is 41.8 Å². The first kappa shape index (κ1) is 17.2. The van der Waals surface area contributed by atoms with Crippen LogP contribution < -0.4 is 15.2 Å². The van der Waals surface area contributed by atoms with Crippen molar-refractivity contribution in [2.75, 3.05) is 20.8 Å². The molecular weight excluding hydrogens is 336 g/mol. The summed E-state index contributed by atoms with van der Waals surface area (Å²) in [6.07, 6.45) is 0.784. The molecule has 0 aromatic heterocycles. The van der Waals surface area contributed by atoms with E-state index in [1.54, 1.807) is 38.5 Å². The van der Waals surface area contributed by atoms with Crippen LogP contribution in [0.3, 0.4) is 0 Å². The fourth-order valence-corrected chi connectivity index (χ4v) is 3.15. The van der Waals surface area contributed by atoms with Crippen LogP contribution in [0.1, 0.15) is 27.0 Å². The lowest BCUT2D eigenvalue weighted by atomic mass is 9.98. The van der Waals surface area contributed by atoms with Crippen molar-refractivity contribution >= 4 is 23.1 Å². The quantitative estimate of drug-likeness (QED) is 0.853. The van der Waals surface area contributed by atoms with Crippen LogP contribution in [0.2, 0.25) is 0 Å². The van der Waals surface area contributed by atoms with E-state index in [9.17, 15) is 4.79 Å². The highest BCUT2D eigenvalue weighted by atomic mass is 32.1. The third-order valence-corrected chi connectivity index (χ3v) is 4.66. The molecule has 0 radical (unpaired) electrons. The zero-order valence-electron chi connectivity index (χ0n) is 14.2. The Labute approximate surface area is 152 Å². The Kier molecular flexibility index (Phi) is 4.90. The predicted octanol–water partition coefficient (Wildman–Crippen LogP) is 2.54. The Balaban J connectivity index is 1.82. The maximum atomic E-state index is 12.8. The summed E-state index contributed by atoms with van der Waals surface area (Å²) in [5, 5.41) is 0. The van der Waals surface area contributed by atoms with Crippen molar-refractivity contribution in [3.05, 3.63) is 58.7 Å². The first-order chi connectivity index (χ1) is 12.0. The second-order valence-electron chi connectivity index (χ2n) is 5.89. The van der Waals surface area contributed by atoms with Gasteiger partial charge in [0, 0.05) is 24.2 Å². The van der Waals surface area contributed by atoms with E-state index in [1.807, 2.05) is 17.0 Å². The Bertz CT molecular complexity index is 818. The number of carbonyl (C=O) groups excluding carboxylic acids is 1. The van der Waals surface area contributed by atoms with Gasteiger partial charge in [-0.15, -0.1) is 0 Å². The second-order valence-corrected chi connectivity index (χ2v) is 6.33. The number of hydrogen-bond donors (Lipinski definition) is 1. The van der Waals surface area contributed by atoms with Crippen molar-refractivity contribution in [3.8, 4) is 11.5 Å². The molecule has 1 heterocycles. The van der Waals surface area contributed by atoms with Crippen molar-refractivity contribution in [2.24, 2.45) is 5.73 Å². The van der Waals surface area contributed by atoms with Gasteiger partial charge < -0.3 is 20.1 Å². The second kappa shape index (κ2) is 7.11. The molecule has 6 heteroatoms. The minimum absolute atomic E-state index is 0.00470. The molecule has 0 fully saturated rings. The number of benzene rings is 2. The van der Waals surface area contributed by atoms with E-state index in [1.165, 1.54) is 5.56 Å². The zero-order chi connectivity index (χ0) is 18.0. The summed E-state index contributed by atoms with van der Waals surface area (Å²) < 4.78 is 10.7. The van der Waals surface area contributed by atoms with Crippen LogP contribution >= 0.6 is 12.2 Å². The summed E-state index contributed by atoms with van der Waals surface area (Å²) in [6, 6.07) is 11.0. The first-order valence-corrected chi connectivity index (χ1v) is 8.37. The van der Waals surface area contributed by atoms with Gasteiger partial charge in [-0.2, -0.15) is 0 Å². The Morgan fingerprint density at radius 2 is 1.60 bits per heavy atom. The van der Waals surface area contributed by atoms with Gasteiger partial charge in [-0.1, -0.05) is 24.4 Å². The molecule has 1 amide bonds. The van der Waals surface area contributed by atoms with Crippen molar-refractivity contribution < 1.29 is 14.3 Å². The first-order valence-electron chi connectivity index (χ1n) is 7.96.